The van der Waals surface area contributed by atoms with Gasteiger partial charge in [0, 0.05) is 25.7 Å². The molecule has 0 radical (unpaired) electrons. The van der Waals surface area contributed by atoms with E-state index in [0.29, 0.717) is 50.5 Å². The van der Waals surface area contributed by atoms with Crippen LogP contribution in [0, 0.1) is 6.92 Å². The van der Waals surface area contributed by atoms with Gasteiger partial charge in [0.15, 0.2) is 5.76 Å². The molecule has 2 N–H and O–H groups in total. The van der Waals surface area contributed by atoms with Crippen molar-refractivity contribution in [1.29, 1.82) is 0 Å². The molecule has 0 saturated carbocycles. The van der Waals surface area contributed by atoms with Crippen LogP contribution in [0.15, 0.2) is 21.6 Å². The number of aromatic amines is 1. The van der Waals surface area contributed by atoms with Crippen molar-refractivity contribution in [2.24, 2.45) is 0 Å². The summed E-state index contributed by atoms with van der Waals surface area (Å²) < 4.78 is 38.1. The van der Waals surface area contributed by atoms with E-state index in [1.807, 2.05) is 6.92 Å². The third-order valence-corrected chi connectivity index (χ3v) is 5.69. The molecule has 0 aliphatic carbocycles. The molecule has 9 nitrogen and oxygen atoms in total. The Kier molecular flexibility index (Phi) is 5.44. The van der Waals surface area contributed by atoms with Crippen molar-refractivity contribution in [2.75, 3.05) is 32.8 Å². The number of amides is 1. The number of morpholine rings is 1. The lowest BCUT2D eigenvalue weighted by atomic mass is 10.2. The Hall–Kier alpha value is -2.17. The summed E-state index contributed by atoms with van der Waals surface area (Å²) in [6, 6.07) is 1.41. The minimum absolute atomic E-state index is 0.0559. The monoisotopic (exact) mass is 382 g/mol. The molecule has 142 valence electrons. The van der Waals surface area contributed by atoms with Crippen LogP contribution in [0.4, 0.5) is 0 Å². The normalized spacial score (nSPS) is 15.4. The lowest BCUT2D eigenvalue weighted by Gasteiger charge is -2.26. The number of carbonyl (C=O) groups is 1. The fourth-order valence-electron chi connectivity index (χ4n) is 2.74. The van der Waals surface area contributed by atoms with Crippen molar-refractivity contribution < 1.29 is 22.4 Å². The molecule has 1 aliphatic rings. The fourth-order valence-corrected chi connectivity index (χ4v) is 4.05. The number of aryl methyl sites for hydroxylation is 1. The van der Waals surface area contributed by atoms with Crippen molar-refractivity contribution in [3.05, 3.63) is 23.6 Å². The van der Waals surface area contributed by atoms with Crippen molar-refractivity contribution >= 4 is 15.9 Å². The highest BCUT2D eigenvalue weighted by atomic mass is 32.2. The van der Waals surface area contributed by atoms with E-state index in [0.717, 1.165) is 0 Å². The number of hydrogen-bond acceptors (Lipinski definition) is 6. The van der Waals surface area contributed by atoms with E-state index in [4.69, 9.17) is 9.15 Å². The van der Waals surface area contributed by atoms with Crippen LogP contribution in [0.25, 0.3) is 11.5 Å². The van der Waals surface area contributed by atoms with E-state index in [9.17, 15) is 13.2 Å². The molecule has 2 aromatic rings. The maximum Gasteiger partial charge on any atom is 0.257 e. The van der Waals surface area contributed by atoms with E-state index in [1.165, 1.54) is 12.3 Å². The smallest absolute Gasteiger partial charge is 0.257 e. The average Bonchev–Trinajstić information content (AvgIpc) is 3.27. The number of nitrogens with zero attached hydrogens (tertiary/aromatic N) is 2. The Morgan fingerprint density at radius 1 is 1.38 bits per heavy atom. The molecular formula is C16H22N4O5S. The highest BCUT2D eigenvalue weighted by molar-refractivity contribution is 7.89. The van der Waals surface area contributed by atoms with Gasteiger partial charge in [0.2, 0.25) is 10.0 Å². The van der Waals surface area contributed by atoms with Gasteiger partial charge in [0.25, 0.3) is 5.91 Å². The maximum atomic E-state index is 12.7. The molecule has 1 fully saturated rings. The first-order valence-corrected chi connectivity index (χ1v) is 9.93. The van der Waals surface area contributed by atoms with Crippen LogP contribution in [0.1, 0.15) is 29.5 Å². The summed E-state index contributed by atoms with van der Waals surface area (Å²) in [5.41, 5.74) is 0.702. The Morgan fingerprint density at radius 3 is 2.81 bits per heavy atom. The van der Waals surface area contributed by atoms with E-state index < -0.39 is 10.0 Å². The SMILES string of the molecule is CCCNS(=O)(=O)c1cc(-c2[nH]ncc2C(=O)N2CCOCC2)oc1C. The van der Waals surface area contributed by atoms with Crippen LogP contribution >= 0.6 is 0 Å². The van der Waals surface area contributed by atoms with Crippen molar-refractivity contribution in [3.63, 3.8) is 0 Å². The number of aromatic nitrogens is 2. The number of rotatable bonds is 6. The number of hydrogen-bond donors (Lipinski definition) is 2. The van der Waals surface area contributed by atoms with E-state index in [1.54, 1.807) is 11.8 Å². The van der Waals surface area contributed by atoms with E-state index in [-0.39, 0.29) is 22.3 Å². The molecule has 0 spiro atoms. The second-order valence-electron chi connectivity index (χ2n) is 5.99. The van der Waals surface area contributed by atoms with E-state index >= 15 is 0 Å². The summed E-state index contributed by atoms with van der Waals surface area (Å²) in [5, 5.41) is 6.68. The first kappa shape index (κ1) is 18.6. The number of ether oxygens (including phenoxy) is 1. The van der Waals surface area contributed by atoms with E-state index in [2.05, 4.69) is 14.9 Å². The van der Waals surface area contributed by atoms with Gasteiger partial charge in [0.1, 0.15) is 16.3 Å². The standard InChI is InChI=1S/C16H22N4O5S/c1-3-4-18-26(22,23)14-9-13(25-11(14)2)15-12(10-17-19-15)16(21)20-5-7-24-8-6-20/h9-10,18H,3-8H2,1-2H3,(H,17,19). The number of nitrogens with one attached hydrogen (secondary N) is 2. The molecule has 1 aliphatic heterocycles. The molecule has 0 unspecified atom stereocenters. The van der Waals surface area contributed by atoms with Crippen LogP contribution in [0.3, 0.4) is 0 Å². The van der Waals surface area contributed by atoms with Gasteiger partial charge in [-0.2, -0.15) is 5.10 Å². The molecule has 3 heterocycles. The first-order valence-electron chi connectivity index (χ1n) is 8.45. The van der Waals surface area contributed by atoms with Gasteiger partial charge in [-0.3, -0.25) is 9.89 Å². The first-order chi connectivity index (χ1) is 12.4. The van der Waals surface area contributed by atoms with Crippen molar-refractivity contribution in [3.8, 4) is 11.5 Å². The highest BCUT2D eigenvalue weighted by Gasteiger charge is 2.27. The second-order valence-corrected chi connectivity index (χ2v) is 7.73. The van der Waals surface area contributed by atoms with Gasteiger partial charge in [-0.05, 0) is 13.3 Å². The predicted molar refractivity (Wildman–Crippen MR) is 93.2 cm³/mol. The fraction of sp³-hybridized carbons (Fsp3) is 0.500. The summed E-state index contributed by atoms with van der Waals surface area (Å²) in [4.78, 5) is 14.5. The Labute approximate surface area is 151 Å². The number of H-pyrrole nitrogens is 1. The minimum Gasteiger partial charge on any atom is -0.458 e. The summed E-state index contributed by atoms with van der Waals surface area (Å²) in [6.07, 6.45) is 2.11. The maximum absolute atomic E-state index is 12.7. The van der Waals surface area contributed by atoms with Crippen LogP contribution in [0.5, 0.6) is 0 Å². The summed E-state index contributed by atoms with van der Waals surface area (Å²) in [7, 11) is -3.67. The van der Waals surface area contributed by atoms with Crippen LogP contribution in [-0.2, 0) is 14.8 Å². The van der Waals surface area contributed by atoms with Crippen molar-refractivity contribution in [1.82, 2.24) is 19.8 Å². The van der Waals surface area contributed by atoms with Gasteiger partial charge in [-0.25, -0.2) is 13.1 Å². The molecule has 1 amide bonds. The third kappa shape index (κ3) is 3.67. The largest absolute Gasteiger partial charge is 0.458 e. The van der Waals surface area contributed by atoms with Gasteiger partial charge in [0.05, 0.1) is 25.0 Å². The van der Waals surface area contributed by atoms with Crippen LogP contribution < -0.4 is 4.72 Å². The number of furan rings is 1. The Balaban J connectivity index is 1.91. The van der Waals surface area contributed by atoms with Crippen molar-refractivity contribution in [2.45, 2.75) is 25.2 Å². The molecule has 0 bridgehead atoms. The Morgan fingerprint density at radius 2 is 2.12 bits per heavy atom. The predicted octanol–water partition coefficient (Wildman–Crippen LogP) is 1.14. The number of sulfonamides is 1. The molecule has 0 atom stereocenters. The molecule has 2 aromatic heterocycles. The minimum atomic E-state index is -3.67. The topological polar surface area (TPSA) is 118 Å². The average molecular weight is 382 g/mol. The van der Waals surface area contributed by atoms with Crippen LogP contribution in [-0.4, -0.2) is 62.3 Å². The lowest BCUT2D eigenvalue weighted by Crippen LogP contribution is -2.40. The summed E-state index contributed by atoms with van der Waals surface area (Å²) in [6.45, 7) is 5.78. The summed E-state index contributed by atoms with van der Waals surface area (Å²) >= 11 is 0. The summed E-state index contributed by atoms with van der Waals surface area (Å²) in [5.74, 6) is 0.316. The molecular weight excluding hydrogens is 360 g/mol. The molecule has 3 rings (SSSR count). The zero-order valence-corrected chi connectivity index (χ0v) is 15.6. The van der Waals surface area contributed by atoms with Gasteiger partial charge in [-0.1, -0.05) is 6.92 Å². The zero-order valence-electron chi connectivity index (χ0n) is 14.7. The highest BCUT2D eigenvalue weighted by Crippen LogP contribution is 2.29. The zero-order chi connectivity index (χ0) is 18.7. The molecule has 26 heavy (non-hydrogen) atoms. The van der Waals surface area contributed by atoms with Gasteiger partial charge >= 0.3 is 0 Å². The van der Waals surface area contributed by atoms with Gasteiger partial charge in [-0.15, -0.1) is 0 Å². The van der Waals surface area contributed by atoms with Crippen LogP contribution in [0.2, 0.25) is 0 Å². The lowest BCUT2D eigenvalue weighted by molar-refractivity contribution is 0.0303. The van der Waals surface area contributed by atoms with Gasteiger partial charge < -0.3 is 14.1 Å². The molecule has 1 saturated heterocycles. The quantitative estimate of drug-likeness (QED) is 0.774. The molecule has 0 aromatic carbocycles. The number of carbonyl (C=O) groups excluding carboxylic acids is 1. The second kappa shape index (κ2) is 7.60. The molecule has 10 heteroatoms. The third-order valence-electron chi connectivity index (χ3n) is 4.12. The Bertz CT molecular complexity index is 880.